The Morgan fingerprint density at radius 3 is 2.42 bits per heavy atom. The molecule has 0 heterocycles. The summed E-state index contributed by atoms with van der Waals surface area (Å²) < 4.78 is 46.7. The fourth-order valence-corrected chi connectivity index (χ4v) is 1.46. The Balaban J connectivity index is 3.17. The SMILES string of the molecule is COc1cc(C(=O)O)cc(Cl)c1OC(C)C(F)(F)F. The molecule has 1 atom stereocenters. The molecule has 106 valence electrons. The van der Waals surface area contributed by atoms with Crippen LogP contribution >= 0.6 is 11.6 Å². The summed E-state index contributed by atoms with van der Waals surface area (Å²) in [6, 6.07) is 2.03. The number of hydrogen-bond acceptors (Lipinski definition) is 3. The van der Waals surface area contributed by atoms with Crippen molar-refractivity contribution in [2.75, 3.05) is 7.11 Å². The van der Waals surface area contributed by atoms with E-state index in [9.17, 15) is 18.0 Å². The van der Waals surface area contributed by atoms with Crippen molar-refractivity contribution in [3.8, 4) is 11.5 Å². The lowest BCUT2D eigenvalue weighted by Crippen LogP contribution is -2.31. The van der Waals surface area contributed by atoms with Crippen molar-refractivity contribution in [1.82, 2.24) is 0 Å². The van der Waals surface area contributed by atoms with Crippen molar-refractivity contribution >= 4 is 17.6 Å². The van der Waals surface area contributed by atoms with Crippen molar-refractivity contribution in [2.24, 2.45) is 0 Å². The van der Waals surface area contributed by atoms with Crippen LogP contribution in [-0.4, -0.2) is 30.5 Å². The number of alkyl halides is 3. The molecule has 0 saturated carbocycles. The minimum Gasteiger partial charge on any atom is -0.493 e. The highest BCUT2D eigenvalue weighted by Crippen LogP contribution is 2.38. The summed E-state index contributed by atoms with van der Waals surface area (Å²) in [5.41, 5.74) is -0.214. The van der Waals surface area contributed by atoms with E-state index in [1.54, 1.807) is 0 Å². The molecule has 4 nitrogen and oxygen atoms in total. The number of carboxylic acid groups (broad SMARTS) is 1. The highest BCUT2D eigenvalue weighted by molar-refractivity contribution is 6.32. The monoisotopic (exact) mass is 298 g/mol. The van der Waals surface area contributed by atoms with Gasteiger partial charge in [0.25, 0.3) is 0 Å². The van der Waals surface area contributed by atoms with Crippen molar-refractivity contribution in [3.63, 3.8) is 0 Å². The predicted octanol–water partition coefficient (Wildman–Crippen LogP) is 3.38. The summed E-state index contributed by atoms with van der Waals surface area (Å²) in [4.78, 5) is 10.8. The normalized spacial score (nSPS) is 12.9. The topological polar surface area (TPSA) is 55.8 Å². The van der Waals surface area contributed by atoms with Crippen LogP contribution in [0.25, 0.3) is 0 Å². The molecule has 0 aliphatic rings. The molecule has 0 radical (unpaired) electrons. The molecule has 0 spiro atoms. The van der Waals surface area contributed by atoms with Gasteiger partial charge in [-0.25, -0.2) is 4.79 Å². The number of methoxy groups -OCH3 is 1. The van der Waals surface area contributed by atoms with Crippen LogP contribution in [-0.2, 0) is 0 Å². The van der Waals surface area contributed by atoms with Gasteiger partial charge in [-0.15, -0.1) is 0 Å². The zero-order valence-electron chi connectivity index (χ0n) is 9.92. The second-order valence-electron chi connectivity index (χ2n) is 3.60. The van der Waals surface area contributed by atoms with Crippen LogP contribution in [0.2, 0.25) is 5.02 Å². The zero-order valence-corrected chi connectivity index (χ0v) is 10.7. The van der Waals surface area contributed by atoms with Gasteiger partial charge in [0.2, 0.25) is 0 Å². The molecule has 1 rings (SSSR count). The first kappa shape index (κ1) is 15.4. The quantitative estimate of drug-likeness (QED) is 0.926. The molecule has 0 bridgehead atoms. The summed E-state index contributed by atoms with van der Waals surface area (Å²) in [5.74, 6) is -1.81. The predicted molar refractivity (Wildman–Crippen MR) is 61.1 cm³/mol. The fourth-order valence-electron chi connectivity index (χ4n) is 1.20. The minimum atomic E-state index is -4.57. The molecule has 0 saturated heterocycles. The van der Waals surface area contributed by atoms with Gasteiger partial charge in [-0.2, -0.15) is 13.2 Å². The lowest BCUT2D eigenvalue weighted by Gasteiger charge is -2.20. The summed E-state index contributed by atoms with van der Waals surface area (Å²) in [7, 11) is 1.17. The Morgan fingerprint density at radius 2 is 2.00 bits per heavy atom. The molecule has 1 unspecified atom stereocenters. The van der Waals surface area contributed by atoms with Crippen molar-refractivity contribution in [3.05, 3.63) is 22.7 Å². The number of rotatable bonds is 4. The van der Waals surface area contributed by atoms with E-state index in [0.717, 1.165) is 19.1 Å². The summed E-state index contributed by atoms with van der Waals surface area (Å²) in [6.45, 7) is 0.806. The molecular formula is C11H10ClF3O4. The van der Waals surface area contributed by atoms with Gasteiger partial charge in [-0.05, 0) is 19.1 Å². The number of carbonyl (C=O) groups is 1. The third-order valence-corrected chi connectivity index (χ3v) is 2.51. The van der Waals surface area contributed by atoms with E-state index in [1.807, 2.05) is 0 Å². The molecule has 19 heavy (non-hydrogen) atoms. The highest BCUT2D eigenvalue weighted by atomic mass is 35.5. The summed E-state index contributed by atoms with van der Waals surface area (Å²) in [5, 5.41) is 8.53. The summed E-state index contributed by atoms with van der Waals surface area (Å²) in [6.07, 6.45) is -6.67. The smallest absolute Gasteiger partial charge is 0.425 e. The lowest BCUT2D eigenvalue weighted by molar-refractivity contribution is -0.189. The molecule has 1 N–H and O–H groups in total. The van der Waals surface area contributed by atoms with Gasteiger partial charge in [0.05, 0.1) is 17.7 Å². The largest absolute Gasteiger partial charge is 0.493 e. The zero-order chi connectivity index (χ0) is 14.8. The number of aromatic carboxylic acids is 1. The average Bonchev–Trinajstić information content (AvgIpc) is 2.29. The van der Waals surface area contributed by atoms with E-state index < -0.39 is 18.2 Å². The van der Waals surface area contributed by atoms with Crippen molar-refractivity contribution < 1.29 is 32.5 Å². The first-order valence-electron chi connectivity index (χ1n) is 5.01. The number of hydrogen-bond donors (Lipinski definition) is 1. The van der Waals surface area contributed by atoms with E-state index in [2.05, 4.69) is 0 Å². The van der Waals surface area contributed by atoms with Gasteiger partial charge in [0.1, 0.15) is 0 Å². The van der Waals surface area contributed by atoms with E-state index in [0.29, 0.717) is 0 Å². The van der Waals surface area contributed by atoms with Crippen LogP contribution in [0.15, 0.2) is 12.1 Å². The van der Waals surface area contributed by atoms with Crippen LogP contribution in [0.5, 0.6) is 11.5 Å². The third-order valence-electron chi connectivity index (χ3n) is 2.23. The Morgan fingerprint density at radius 1 is 1.42 bits per heavy atom. The second kappa shape index (κ2) is 5.56. The minimum absolute atomic E-state index is 0.180. The first-order chi connectivity index (χ1) is 8.66. The van der Waals surface area contributed by atoms with Crippen LogP contribution in [0.1, 0.15) is 17.3 Å². The van der Waals surface area contributed by atoms with Gasteiger partial charge in [-0.1, -0.05) is 11.6 Å². The first-order valence-corrected chi connectivity index (χ1v) is 5.38. The Labute approximate surface area is 111 Å². The lowest BCUT2D eigenvalue weighted by atomic mass is 10.2. The molecule has 0 aromatic heterocycles. The Hall–Kier alpha value is -1.63. The van der Waals surface area contributed by atoms with Crippen LogP contribution in [0.4, 0.5) is 13.2 Å². The summed E-state index contributed by atoms with van der Waals surface area (Å²) >= 11 is 5.72. The van der Waals surface area contributed by atoms with Gasteiger partial charge < -0.3 is 14.6 Å². The van der Waals surface area contributed by atoms with Crippen molar-refractivity contribution in [2.45, 2.75) is 19.2 Å². The highest BCUT2D eigenvalue weighted by Gasteiger charge is 2.39. The number of halogens is 4. The van der Waals surface area contributed by atoms with Gasteiger partial charge in [0.15, 0.2) is 17.6 Å². The molecular weight excluding hydrogens is 289 g/mol. The molecule has 0 fully saturated rings. The van der Waals surface area contributed by atoms with Crippen LogP contribution < -0.4 is 9.47 Å². The molecule has 0 aliphatic carbocycles. The second-order valence-corrected chi connectivity index (χ2v) is 4.00. The van der Waals surface area contributed by atoms with Gasteiger partial charge >= 0.3 is 12.1 Å². The average molecular weight is 299 g/mol. The maximum absolute atomic E-state index is 12.4. The Kier molecular flexibility index (Phi) is 4.52. The van der Waals surface area contributed by atoms with E-state index in [4.69, 9.17) is 26.2 Å². The standard InChI is InChI=1S/C11H10ClF3O4/c1-5(11(13,14)15)19-9-7(12)3-6(10(16)17)4-8(9)18-2/h3-5H,1-2H3,(H,16,17). The van der Waals surface area contributed by atoms with Crippen LogP contribution in [0, 0.1) is 0 Å². The van der Waals surface area contributed by atoms with Gasteiger partial charge in [-0.3, -0.25) is 0 Å². The van der Waals surface area contributed by atoms with Crippen LogP contribution in [0.3, 0.4) is 0 Å². The van der Waals surface area contributed by atoms with Crippen molar-refractivity contribution in [1.29, 1.82) is 0 Å². The molecule has 0 amide bonds. The van der Waals surface area contributed by atoms with E-state index in [1.165, 1.54) is 7.11 Å². The molecule has 1 aromatic carbocycles. The van der Waals surface area contributed by atoms with E-state index >= 15 is 0 Å². The maximum atomic E-state index is 12.4. The molecule has 0 aliphatic heterocycles. The Bertz CT molecular complexity index is 488. The van der Waals surface area contributed by atoms with Gasteiger partial charge in [0, 0.05) is 0 Å². The molecule has 8 heteroatoms. The number of benzene rings is 1. The molecule has 1 aromatic rings. The maximum Gasteiger partial charge on any atom is 0.425 e. The third kappa shape index (κ3) is 3.66. The number of ether oxygens (including phenoxy) is 2. The fraction of sp³-hybridized carbons (Fsp3) is 0.364. The van der Waals surface area contributed by atoms with E-state index in [-0.39, 0.29) is 22.1 Å². The number of carboxylic acids is 1.